The smallest absolute Gasteiger partial charge is 0.0610 e. The standard InChI is InChI=1S/C13H29NOS/c1-6-8-14-13(5,10-15)7-9-16-12(4)11(2)3/h11-12,14-15H,6-10H2,1-5H3. The van der Waals surface area contributed by atoms with Gasteiger partial charge in [-0.3, -0.25) is 0 Å². The molecule has 0 aliphatic carbocycles. The second kappa shape index (κ2) is 8.37. The van der Waals surface area contributed by atoms with Crippen LogP contribution in [0.15, 0.2) is 0 Å². The van der Waals surface area contributed by atoms with Crippen LogP contribution in [-0.2, 0) is 0 Å². The molecule has 2 unspecified atom stereocenters. The summed E-state index contributed by atoms with van der Waals surface area (Å²) in [4.78, 5) is 0. The molecule has 0 aliphatic heterocycles. The number of aliphatic hydroxyl groups excluding tert-OH is 1. The van der Waals surface area contributed by atoms with E-state index in [1.165, 1.54) is 0 Å². The van der Waals surface area contributed by atoms with Crippen molar-refractivity contribution in [1.29, 1.82) is 0 Å². The Kier molecular flexibility index (Phi) is 8.52. The predicted molar refractivity (Wildman–Crippen MR) is 75.2 cm³/mol. The minimum Gasteiger partial charge on any atom is -0.394 e. The normalized spacial score (nSPS) is 17.4. The second-order valence-corrected chi connectivity index (χ2v) is 6.70. The zero-order chi connectivity index (χ0) is 12.6. The molecule has 0 fully saturated rings. The summed E-state index contributed by atoms with van der Waals surface area (Å²) >= 11 is 2.01. The molecule has 0 saturated carbocycles. The lowest BCUT2D eigenvalue weighted by Gasteiger charge is -2.29. The molecule has 0 bridgehead atoms. The van der Waals surface area contributed by atoms with Crippen molar-refractivity contribution in [2.45, 2.75) is 58.2 Å². The van der Waals surface area contributed by atoms with E-state index in [0.717, 1.165) is 31.1 Å². The third-order valence-electron chi connectivity index (χ3n) is 3.12. The third kappa shape index (κ3) is 6.77. The Morgan fingerprint density at radius 3 is 2.38 bits per heavy atom. The molecule has 0 radical (unpaired) electrons. The molecular weight excluding hydrogens is 218 g/mol. The number of hydrogen-bond acceptors (Lipinski definition) is 3. The van der Waals surface area contributed by atoms with E-state index in [2.05, 4.69) is 39.9 Å². The molecule has 0 rings (SSSR count). The Morgan fingerprint density at radius 1 is 1.31 bits per heavy atom. The van der Waals surface area contributed by atoms with Gasteiger partial charge in [-0.25, -0.2) is 0 Å². The zero-order valence-corrected chi connectivity index (χ0v) is 12.4. The molecule has 2 N–H and O–H groups in total. The van der Waals surface area contributed by atoms with Crippen LogP contribution in [0.2, 0.25) is 0 Å². The fraction of sp³-hybridized carbons (Fsp3) is 1.00. The van der Waals surface area contributed by atoms with Crippen molar-refractivity contribution >= 4 is 11.8 Å². The lowest BCUT2D eigenvalue weighted by Crippen LogP contribution is -2.46. The summed E-state index contributed by atoms with van der Waals surface area (Å²) in [6.45, 7) is 12.3. The monoisotopic (exact) mass is 247 g/mol. The van der Waals surface area contributed by atoms with Crippen LogP contribution in [0.5, 0.6) is 0 Å². The molecule has 2 atom stereocenters. The molecule has 0 heterocycles. The summed E-state index contributed by atoms with van der Waals surface area (Å²) in [6.07, 6.45) is 2.15. The van der Waals surface area contributed by atoms with E-state index in [9.17, 15) is 5.11 Å². The molecule has 3 heteroatoms. The molecule has 0 amide bonds. The van der Waals surface area contributed by atoms with E-state index in [4.69, 9.17) is 0 Å². The van der Waals surface area contributed by atoms with Crippen LogP contribution in [0, 0.1) is 5.92 Å². The zero-order valence-electron chi connectivity index (χ0n) is 11.5. The number of hydrogen-bond donors (Lipinski definition) is 2. The van der Waals surface area contributed by atoms with Crippen LogP contribution >= 0.6 is 11.8 Å². The maximum Gasteiger partial charge on any atom is 0.0610 e. The topological polar surface area (TPSA) is 32.3 Å². The Balaban J connectivity index is 3.85. The molecule has 0 aliphatic rings. The van der Waals surface area contributed by atoms with Crippen LogP contribution in [0.4, 0.5) is 0 Å². The molecule has 0 aromatic heterocycles. The van der Waals surface area contributed by atoms with E-state index >= 15 is 0 Å². The maximum atomic E-state index is 9.41. The summed E-state index contributed by atoms with van der Waals surface area (Å²) in [5, 5.41) is 13.6. The number of thioether (sulfide) groups is 1. The van der Waals surface area contributed by atoms with Gasteiger partial charge in [0.15, 0.2) is 0 Å². The summed E-state index contributed by atoms with van der Waals surface area (Å²) < 4.78 is 0. The average molecular weight is 247 g/mol. The minimum absolute atomic E-state index is 0.0975. The van der Waals surface area contributed by atoms with Gasteiger partial charge in [0.1, 0.15) is 0 Å². The van der Waals surface area contributed by atoms with E-state index in [1.54, 1.807) is 0 Å². The van der Waals surface area contributed by atoms with Crippen molar-refractivity contribution in [2.24, 2.45) is 5.92 Å². The van der Waals surface area contributed by atoms with Crippen molar-refractivity contribution < 1.29 is 5.11 Å². The Labute approximate surface area is 106 Å². The lowest BCUT2D eigenvalue weighted by molar-refractivity contribution is 0.171. The van der Waals surface area contributed by atoms with Gasteiger partial charge in [-0.05, 0) is 38.0 Å². The molecule has 0 spiro atoms. The highest BCUT2D eigenvalue weighted by atomic mass is 32.2. The SMILES string of the molecule is CCCNC(C)(CO)CCSC(C)C(C)C. The molecule has 98 valence electrons. The highest BCUT2D eigenvalue weighted by molar-refractivity contribution is 7.99. The van der Waals surface area contributed by atoms with Gasteiger partial charge in [-0.15, -0.1) is 0 Å². The first-order chi connectivity index (χ1) is 7.45. The largest absolute Gasteiger partial charge is 0.394 e. The van der Waals surface area contributed by atoms with Gasteiger partial charge >= 0.3 is 0 Å². The highest BCUT2D eigenvalue weighted by Gasteiger charge is 2.22. The summed E-state index contributed by atoms with van der Waals surface area (Å²) in [6, 6.07) is 0. The fourth-order valence-corrected chi connectivity index (χ4v) is 2.64. The van der Waals surface area contributed by atoms with Gasteiger partial charge in [0, 0.05) is 10.8 Å². The first kappa shape index (κ1) is 16.3. The van der Waals surface area contributed by atoms with Crippen molar-refractivity contribution in [3.8, 4) is 0 Å². The Hall–Kier alpha value is 0.270. The number of aliphatic hydroxyl groups is 1. The summed E-state index contributed by atoms with van der Waals surface area (Å²) in [5.41, 5.74) is -0.0975. The summed E-state index contributed by atoms with van der Waals surface area (Å²) in [7, 11) is 0. The number of rotatable bonds is 9. The molecule has 2 nitrogen and oxygen atoms in total. The third-order valence-corrected chi connectivity index (χ3v) is 4.63. The summed E-state index contributed by atoms with van der Waals surface area (Å²) in [5.74, 6) is 1.85. The van der Waals surface area contributed by atoms with Crippen molar-refractivity contribution in [2.75, 3.05) is 18.9 Å². The number of nitrogens with one attached hydrogen (secondary N) is 1. The molecule has 16 heavy (non-hydrogen) atoms. The first-order valence-corrected chi connectivity index (χ1v) is 7.47. The van der Waals surface area contributed by atoms with Gasteiger partial charge in [0.05, 0.1) is 6.61 Å². The predicted octanol–water partition coefficient (Wildman–Crippen LogP) is 2.90. The van der Waals surface area contributed by atoms with Crippen molar-refractivity contribution in [1.82, 2.24) is 5.32 Å². The van der Waals surface area contributed by atoms with Crippen molar-refractivity contribution in [3.05, 3.63) is 0 Å². The molecule has 0 saturated heterocycles. The van der Waals surface area contributed by atoms with Gasteiger partial charge in [-0.1, -0.05) is 27.7 Å². The first-order valence-electron chi connectivity index (χ1n) is 6.42. The lowest BCUT2D eigenvalue weighted by atomic mass is 10.0. The molecular formula is C13H29NOS. The Morgan fingerprint density at radius 2 is 1.94 bits per heavy atom. The van der Waals surface area contributed by atoms with E-state index in [1.807, 2.05) is 11.8 Å². The van der Waals surface area contributed by atoms with E-state index in [-0.39, 0.29) is 12.1 Å². The fourth-order valence-electron chi connectivity index (χ4n) is 1.31. The van der Waals surface area contributed by atoms with Crippen LogP contribution in [0.25, 0.3) is 0 Å². The minimum atomic E-state index is -0.0975. The van der Waals surface area contributed by atoms with Crippen LogP contribution < -0.4 is 5.32 Å². The maximum absolute atomic E-state index is 9.41. The molecule has 0 aromatic carbocycles. The van der Waals surface area contributed by atoms with E-state index < -0.39 is 0 Å². The van der Waals surface area contributed by atoms with Gasteiger partial charge in [0.25, 0.3) is 0 Å². The van der Waals surface area contributed by atoms with Crippen LogP contribution in [-0.4, -0.2) is 34.8 Å². The molecule has 0 aromatic rings. The van der Waals surface area contributed by atoms with Gasteiger partial charge < -0.3 is 10.4 Å². The highest BCUT2D eigenvalue weighted by Crippen LogP contribution is 2.22. The van der Waals surface area contributed by atoms with Crippen molar-refractivity contribution in [3.63, 3.8) is 0 Å². The Bertz CT molecular complexity index is 175. The second-order valence-electron chi connectivity index (χ2n) is 5.22. The van der Waals surface area contributed by atoms with E-state index in [0.29, 0.717) is 5.25 Å². The average Bonchev–Trinajstić information content (AvgIpc) is 2.26. The van der Waals surface area contributed by atoms with Gasteiger partial charge in [-0.2, -0.15) is 11.8 Å². The van der Waals surface area contributed by atoms with Crippen LogP contribution in [0.3, 0.4) is 0 Å². The quantitative estimate of drug-likeness (QED) is 0.657. The van der Waals surface area contributed by atoms with Crippen LogP contribution in [0.1, 0.15) is 47.5 Å². The van der Waals surface area contributed by atoms with Gasteiger partial charge in [0.2, 0.25) is 0 Å².